The van der Waals surface area contributed by atoms with E-state index in [0.717, 1.165) is 22.6 Å². The van der Waals surface area contributed by atoms with Crippen LogP contribution in [0, 0.1) is 13.8 Å². The van der Waals surface area contributed by atoms with Gasteiger partial charge in [0.05, 0.1) is 5.02 Å². The van der Waals surface area contributed by atoms with E-state index in [-0.39, 0.29) is 0 Å². The van der Waals surface area contributed by atoms with Crippen molar-refractivity contribution in [2.75, 3.05) is 0 Å². The lowest BCUT2D eigenvalue weighted by atomic mass is 10.1. The molecule has 0 bridgehead atoms. The van der Waals surface area contributed by atoms with Gasteiger partial charge in [-0.25, -0.2) is 0 Å². The molecule has 0 saturated heterocycles. The Kier molecular flexibility index (Phi) is 2.30. The fraction of sp³-hybridized carbons (Fsp3) is 0.182. The molecule has 0 radical (unpaired) electrons. The molecule has 0 spiro atoms. The van der Waals surface area contributed by atoms with Gasteiger partial charge in [0, 0.05) is 11.1 Å². The van der Waals surface area contributed by atoms with Crippen LogP contribution in [-0.2, 0) is 0 Å². The Labute approximate surface area is 87.5 Å². The maximum absolute atomic E-state index is 6.06. The summed E-state index contributed by atoms with van der Waals surface area (Å²) in [4.78, 5) is 0. The highest BCUT2D eigenvalue weighted by molar-refractivity contribution is 6.33. The highest BCUT2D eigenvalue weighted by Crippen LogP contribution is 2.29. The van der Waals surface area contributed by atoms with Gasteiger partial charge in [0.25, 0.3) is 0 Å². The SMILES string of the molecule is Cc1onc(-c2ccccc2Cl)c1C. The van der Waals surface area contributed by atoms with Crippen LogP contribution in [0.3, 0.4) is 0 Å². The molecule has 0 unspecified atom stereocenters. The van der Waals surface area contributed by atoms with Gasteiger partial charge in [-0.15, -0.1) is 0 Å². The monoisotopic (exact) mass is 207 g/mol. The minimum absolute atomic E-state index is 0.698. The molecule has 0 amide bonds. The number of aryl methyl sites for hydroxylation is 1. The van der Waals surface area contributed by atoms with E-state index < -0.39 is 0 Å². The summed E-state index contributed by atoms with van der Waals surface area (Å²) in [5.74, 6) is 0.833. The second-order valence-corrected chi connectivity index (χ2v) is 3.60. The standard InChI is InChI=1S/C11H10ClNO/c1-7-8(2)14-13-11(7)9-5-3-4-6-10(9)12/h3-6H,1-2H3. The van der Waals surface area contributed by atoms with Crippen molar-refractivity contribution in [3.05, 3.63) is 40.6 Å². The van der Waals surface area contributed by atoms with E-state index in [1.54, 1.807) is 0 Å². The molecule has 0 aliphatic rings. The van der Waals surface area contributed by atoms with Crippen LogP contribution in [-0.4, -0.2) is 5.16 Å². The lowest BCUT2D eigenvalue weighted by Crippen LogP contribution is -1.82. The highest BCUT2D eigenvalue weighted by atomic mass is 35.5. The number of hydrogen-bond donors (Lipinski definition) is 0. The smallest absolute Gasteiger partial charge is 0.137 e. The topological polar surface area (TPSA) is 26.0 Å². The average Bonchev–Trinajstić information content (AvgIpc) is 2.49. The largest absolute Gasteiger partial charge is 0.361 e. The van der Waals surface area contributed by atoms with Crippen molar-refractivity contribution in [3.8, 4) is 11.3 Å². The third-order valence-electron chi connectivity index (χ3n) is 2.29. The highest BCUT2D eigenvalue weighted by Gasteiger charge is 2.12. The van der Waals surface area contributed by atoms with Crippen molar-refractivity contribution in [3.63, 3.8) is 0 Å². The van der Waals surface area contributed by atoms with Gasteiger partial charge < -0.3 is 4.52 Å². The molecule has 0 aliphatic carbocycles. The minimum Gasteiger partial charge on any atom is -0.361 e. The Morgan fingerprint density at radius 3 is 2.50 bits per heavy atom. The molecule has 2 rings (SSSR count). The molecule has 0 aliphatic heterocycles. The van der Waals surface area contributed by atoms with E-state index in [4.69, 9.17) is 16.1 Å². The quantitative estimate of drug-likeness (QED) is 0.714. The molecule has 1 heterocycles. The van der Waals surface area contributed by atoms with Gasteiger partial charge in [-0.05, 0) is 19.9 Å². The summed E-state index contributed by atoms with van der Waals surface area (Å²) in [6.45, 7) is 3.87. The summed E-state index contributed by atoms with van der Waals surface area (Å²) in [5.41, 5.74) is 2.79. The second kappa shape index (κ2) is 3.46. The Balaban J connectivity index is 2.60. The number of rotatable bonds is 1. The molecule has 0 N–H and O–H groups in total. The van der Waals surface area contributed by atoms with Gasteiger partial charge in [-0.3, -0.25) is 0 Å². The van der Waals surface area contributed by atoms with Gasteiger partial charge in [0.15, 0.2) is 0 Å². The van der Waals surface area contributed by atoms with Gasteiger partial charge >= 0.3 is 0 Å². The van der Waals surface area contributed by atoms with Gasteiger partial charge in [-0.2, -0.15) is 0 Å². The molecule has 14 heavy (non-hydrogen) atoms. The molecule has 3 heteroatoms. The molecule has 0 saturated carbocycles. The molecule has 2 aromatic rings. The van der Waals surface area contributed by atoms with Crippen molar-refractivity contribution < 1.29 is 4.52 Å². The van der Waals surface area contributed by atoms with E-state index in [1.807, 2.05) is 38.1 Å². The Morgan fingerprint density at radius 1 is 1.21 bits per heavy atom. The first kappa shape index (κ1) is 9.28. The van der Waals surface area contributed by atoms with E-state index in [2.05, 4.69) is 5.16 Å². The van der Waals surface area contributed by atoms with Crippen molar-refractivity contribution in [2.45, 2.75) is 13.8 Å². The summed E-state index contributed by atoms with van der Waals surface area (Å²) < 4.78 is 5.10. The van der Waals surface area contributed by atoms with Crippen LogP contribution in [0.1, 0.15) is 11.3 Å². The zero-order valence-corrected chi connectivity index (χ0v) is 8.80. The van der Waals surface area contributed by atoms with Crippen molar-refractivity contribution in [2.24, 2.45) is 0 Å². The predicted octanol–water partition coefficient (Wildman–Crippen LogP) is 3.61. The maximum atomic E-state index is 6.06. The number of hydrogen-bond acceptors (Lipinski definition) is 2. The number of benzene rings is 1. The second-order valence-electron chi connectivity index (χ2n) is 3.19. The molecule has 1 aromatic carbocycles. The van der Waals surface area contributed by atoms with Gasteiger partial charge in [-0.1, -0.05) is 35.0 Å². The Hall–Kier alpha value is -1.28. The van der Waals surface area contributed by atoms with Gasteiger partial charge in [0.1, 0.15) is 11.5 Å². The Morgan fingerprint density at radius 2 is 1.93 bits per heavy atom. The fourth-order valence-electron chi connectivity index (χ4n) is 1.32. The number of nitrogens with zero attached hydrogens (tertiary/aromatic N) is 1. The van der Waals surface area contributed by atoms with Crippen LogP contribution in [0.15, 0.2) is 28.8 Å². The Bertz CT molecular complexity index is 462. The summed E-state index contributed by atoms with van der Waals surface area (Å²) in [5, 5.41) is 4.69. The first-order chi connectivity index (χ1) is 6.70. The zero-order chi connectivity index (χ0) is 10.1. The van der Waals surface area contributed by atoms with Gasteiger partial charge in [0.2, 0.25) is 0 Å². The van der Waals surface area contributed by atoms with E-state index in [1.165, 1.54) is 0 Å². The van der Waals surface area contributed by atoms with Crippen LogP contribution in [0.25, 0.3) is 11.3 Å². The average molecular weight is 208 g/mol. The zero-order valence-electron chi connectivity index (χ0n) is 8.04. The van der Waals surface area contributed by atoms with Crippen molar-refractivity contribution >= 4 is 11.6 Å². The predicted molar refractivity (Wildman–Crippen MR) is 56.4 cm³/mol. The first-order valence-corrected chi connectivity index (χ1v) is 4.75. The number of halogens is 1. The van der Waals surface area contributed by atoms with E-state index in [9.17, 15) is 0 Å². The van der Waals surface area contributed by atoms with Crippen LogP contribution >= 0.6 is 11.6 Å². The first-order valence-electron chi connectivity index (χ1n) is 4.38. The molecule has 72 valence electrons. The van der Waals surface area contributed by atoms with Crippen LogP contribution in [0.2, 0.25) is 5.02 Å². The summed E-state index contributed by atoms with van der Waals surface area (Å²) >= 11 is 6.06. The molecular weight excluding hydrogens is 198 g/mol. The lowest BCUT2D eigenvalue weighted by Gasteiger charge is -1.99. The van der Waals surface area contributed by atoms with Crippen molar-refractivity contribution in [1.82, 2.24) is 5.16 Å². The summed E-state index contributed by atoms with van der Waals surface area (Å²) in [7, 11) is 0. The van der Waals surface area contributed by atoms with Crippen LogP contribution in [0.5, 0.6) is 0 Å². The van der Waals surface area contributed by atoms with E-state index in [0.29, 0.717) is 5.02 Å². The molecule has 1 aromatic heterocycles. The fourth-order valence-corrected chi connectivity index (χ4v) is 1.55. The summed E-state index contributed by atoms with van der Waals surface area (Å²) in [6, 6.07) is 7.62. The normalized spacial score (nSPS) is 10.5. The van der Waals surface area contributed by atoms with Crippen LogP contribution < -0.4 is 0 Å². The third kappa shape index (κ3) is 1.42. The molecular formula is C11H10ClNO. The van der Waals surface area contributed by atoms with E-state index >= 15 is 0 Å². The molecule has 2 nitrogen and oxygen atoms in total. The van der Waals surface area contributed by atoms with Crippen molar-refractivity contribution in [1.29, 1.82) is 0 Å². The molecule has 0 fully saturated rings. The summed E-state index contributed by atoms with van der Waals surface area (Å²) in [6.07, 6.45) is 0. The van der Waals surface area contributed by atoms with Crippen LogP contribution in [0.4, 0.5) is 0 Å². The lowest BCUT2D eigenvalue weighted by molar-refractivity contribution is 0.398. The minimum atomic E-state index is 0.698. The molecule has 0 atom stereocenters. The third-order valence-corrected chi connectivity index (χ3v) is 2.62. The number of aromatic nitrogens is 1. The maximum Gasteiger partial charge on any atom is 0.137 e.